The number of carbonyl (C=O) groups excluding carboxylic acids is 1. The molecule has 0 saturated heterocycles. The normalized spacial score (nSPS) is 19.5. The van der Waals surface area contributed by atoms with E-state index < -0.39 is 6.29 Å². The Morgan fingerprint density at radius 2 is 2.00 bits per heavy atom. The summed E-state index contributed by atoms with van der Waals surface area (Å²) >= 11 is 0. The summed E-state index contributed by atoms with van der Waals surface area (Å²) in [5.41, 5.74) is 2.87. The molecule has 0 radical (unpaired) electrons. The zero-order chi connectivity index (χ0) is 14.5. The van der Waals surface area contributed by atoms with Gasteiger partial charge in [0.1, 0.15) is 0 Å². The zero-order valence-corrected chi connectivity index (χ0v) is 12.8. The Hall–Kier alpha value is -0.930. The van der Waals surface area contributed by atoms with E-state index in [1.54, 1.807) is 20.3 Å². The Kier molecular flexibility index (Phi) is 5.95. The molecule has 0 heterocycles. The van der Waals surface area contributed by atoms with Gasteiger partial charge >= 0.3 is 0 Å². The zero-order valence-electron chi connectivity index (χ0n) is 12.8. The van der Waals surface area contributed by atoms with Crippen molar-refractivity contribution in [2.24, 2.45) is 5.41 Å². The molecule has 0 spiro atoms. The van der Waals surface area contributed by atoms with Crippen molar-refractivity contribution < 1.29 is 14.3 Å². The second kappa shape index (κ2) is 7.01. The molecule has 108 valence electrons. The quantitative estimate of drug-likeness (QED) is 0.544. The first-order valence-electron chi connectivity index (χ1n) is 6.87. The predicted molar refractivity (Wildman–Crippen MR) is 76.9 cm³/mol. The molecule has 1 aliphatic carbocycles. The summed E-state index contributed by atoms with van der Waals surface area (Å²) in [4.78, 5) is 11.9. The molecule has 0 fully saturated rings. The summed E-state index contributed by atoms with van der Waals surface area (Å²) in [6.45, 7) is 6.65. The maximum Gasteiger partial charge on any atom is 0.164 e. The van der Waals surface area contributed by atoms with Crippen LogP contribution in [0.2, 0.25) is 0 Å². The van der Waals surface area contributed by atoms with Gasteiger partial charge in [-0.05, 0) is 43.3 Å². The van der Waals surface area contributed by atoms with Gasteiger partial charge in [0.05, 0.1) is 6.42 Å². The van der Waals surface area contributed by atoms with Crippen molar-refractivity contribution in [2.45, 2.75) is 52.7 Å². The second-order valence-electron chi connectivity index (χ2n) is 5.84. The van der Waals surface area contributed by atoms with Gasteiger partial charge in [0.25, 0.3) is 0 Å². The highest BCUT2D eigenvalue weighted by Crippen LogP contribution is 2.40. The van der Waals surface area contributed by atoms with E-state index in [0.717, 1.165) is 6.42 Å². The van der Waals surface area contributed by atoms with E-state index >= 15 is 0 Å². The van der Waals surface area contributed by atoms with Gasteiger partial charge in [-0.25, -0.2) is 0 Å². The Morgan fingerprint density at radius 3 is 2.53 bits per heavy atom. The minimum Gasteiger partial charge on any atom is -0.355 e. The van der Waals surface area contributed by atoms with Gasteiger partial charge in [-0.3, -0.25) is 4.79 Å². The maximum absolute atomic E-state index is 11.9. The van der Waals surface area contributed by atoms with E-state index in [1.807, 2.05) is 6.08 Å². The predicted octanol–water partition coefficient (Wildman–Crippen LogP) is 3.65. The van der Waals surface area contributed by atoms with Crippen LogP contribution in [-0.4, -0.2) is 26.3 Å². The average Bonchev–Trinajstić information content (AvgIpc) is 2.34. The van der Waals surface area contributed by atoms with E-state index in [9.17, 15) is 4.79 Å². The second-order valence-corrected chi connectivity index (χ2v) is 5.84. The highest BCUT2D eigenvalue weighted by Gasteiger charge is 2.26. The van der Waals surface area contributed by atoms with Gasteiger partial charge < -0.3 is 9.47 Å². The van der Waals surface area contributed by atoms with E-state index in [0.29, 0.717) is 0 Å². The summed E-state index contributed by atoms with van der Waals surface area (Å²) in [7, 11) is 3.09. The number of ether oxygens (including phenoxy) is 2. The van der Waals surface area contributed by atoms with Crippen molar-refractivity contribution in [3.63, 3.8) is 0 Å². The molecule has 1 aliphatic rings. The molecule has 19 heavy (non-hydrogen) atoms. The lowest BCUT2D eigenvalue weighted by molar-refractivity contribution is -0.133. The van der Waals surface area contributed by atoms with Crippen LogP contribution in [0.5, 0.6) is 0 Å². The van der Waals surface area contributed by atoms with E-state index in [4.69, 9.17) is 9.47 Å². The molecule has 3 nitrogen and oxygen atoms in total. The van der Waals surface area contributed by atoms with Crippen LogP contribution in [-0.2, 0) is 14.3 Å². The number of rotatable bonds is 6. The molecule has 0 unspecified atom stereocenters. The monoisotopic (exact) mass is 266 g/mol. The fourth-order valence-electron chi connectivity index (χ4n) is 2.68. The first-order chi connectivity index (χ1) is 8.90. The average molecular weight is 266 g/mol. The molecule has 0 amide bonds. The van der Waals surface area contributed by atoms with Crippen LogP contribution in [0, 0.1) is 5.41 Å². The van der Waals surface area contributed by atoms with Gasteiger partial charge in [0.15, 0.2) is 12.1 Å². The molecule has 0 aromatic rings. The third-order valence-corrected chi connectivity index (χ3v) is 3.87. The minimum atomic E-state index is -0.452. The largest absolute Gasteiger partial charge is 0.355 e. The molecule has 0 atom stereocenters. The number of hydrogen-bond donors (Lipinski definition) is 0. The summed E-state index contributed by atoms with van der Waals surface area (Å²) in [6, 6.07) is 0. The van der Waals surface area contributed by atoms with E-state index in [1.165, 1.54) is 24.0 Å². The lowest BCUT2D eigenvalue weighted by Crippen LogP contribution is -2.20. The SMILES string of the molecule is COC(CC(=O)/C=C/C1=C(C)CCCC1(C)C)OC. The summed E-state index contributed by atoms with van der Waals surface area (Å²) in [5, 5.41) is 0. The van der Waals surface area contributed by atoms with Gasteiger partial charge in [0.2, 0.25) is 0 Å². The number of hydrogen-bond acceptors (Lipinski definition) is 3. The molecule has 0 N–H and O–H groups in total. The summed E-state index contributed by atoms with van der Waals surface area (Å²) in [5.74, 6) is 0.0374. The van der Waals surface area contributed by atoms with Crippen LogP contribution in [0.15, 0.2) is 23.3 Å². The molecule has 0 aliphatic heterocycles. The molecular weight excluding hydrogens is 240 g/mol. The van der Waals surface area contributed by atoms with Crippen LogP contribution in [0.3, 0.4) is 0 Å². The summed E-state index contributed by atoms with van der Waals surface area (Å²) in [6.07, 6.45) is 7.01. The minimum absolute atomic E-state index is 0.0374. The van der Waals surface area contributed by atoms with Crippen molar-refractivity contribution in [1.82, 2.24) is 0 Å². The maximum atomic E-state index is 11.9. The Morgan fingerprint density at radius 1 is 1.37 bits per heavy atom. The molecule has 0 aromatic heterocycles. The Labute approximate surface area is 116 Å². The summed E-state index contributed by atoms with van der Waals surface area (Å²) < 4.78 is 10.1. The van der Waals surface area contributed by atoms with Crippen LogP contribution in [0.4, 0.5) is 0 Å². The lowest BCUT2D eigenvalue weighted by atomic mass is 9.72. The lowest BCUT2D eigenvalue weighted by Gasteiger charge is -2.32. The number of carbonyl (C=O) groups is 1. The highest BCUT2D eigenvalue weighted by atomic mass is 16.7. The highest BCUT2D eigenvalue weighted by molar-refractivity contribution is 5.90. The Balaban J connectivity index is 2.72. The van der Waals surface area contributed by atoms with Gasteiger partial charge in [-0.15, -0.1) is 0 Å². The first-order valence-corrected chi connectivity index (χ1v) is 6.87. The van der Waals surface area contributed by atoms with Crippen molar-refractivity contribution >= 4 is 5.78 Å². The van der Waals surface area contributed by atoms with Crippen molar-refractivity contribution in [3.05, 3.63) is 23.3 Å². The third-order valence-electron chi connectivity index (χ3n) is 3.87. The molecule has 0 saturated carbocycles. The Bertz CT molecular complexity index is 373. The number of ketones is 1. The van der Waals surface area contributed by atoms with Gasteiger partial charge in [-0.1, -0.05) is 25.5 Å². The smallest absolute Gasteiger partial charge is 0.164 e. The standard InChI is InChI=1S/C16H26O3/c1-12-7-6-10-16(2,3)14(12)9-8-13(17)11-15(18-4)19-5/h8-9,15H,6-7,10-11H2,1-5H3/b9-8+. The van der Waals surface area contributed by atoms with Gasteiger partial charge in [0, 0.05) is 14.2 Å². The number of methoxy groups -OCH3 is 2. The molecule has 0 aromatic carbocycles. The van der Waals surface area contributed by atoms with Crippen molar-refractivity contribution in [3.8, 4) is 0 Å². The van der Waals surface area contributed by atoms with E-state index in [-0.39, 0.29) is 17.6 Å². The fraction of sp³-hybridized carbons (Fsp3) is 0.688. The van der Waals surface area contributed by atoms with Crippen molar-refractivity contribution in [1.29, 1.82) is 0 Å². The molecule has 0 bridgehead atoms. The van der Waals surface area contributed by atoms with Crippen LogP contribution < -0.4 is 0 Å². The van der Waals surface area contributed by atoms with Crippen molar-refractivity contribution in [2.75, 3.05) is 14.2 Å². The molecule has 3 heteroatoms. The topological polar surface area (TPSA) is 35.5 Å². The fourth-order valence-corrected chi connectivity index (χ4v) is 2.68. The van der Waals surface area contributed by atoms with Crippen LogP contribution in [0.25, 0.3) is 0 Å². The van der Waals surface area contributed by atoms with Crippen LogP contribution in [0.1, 0.15) is 46.5 Å². The molecule has 1 rings (SSSR count). The third kappa shape index (κ3) is 4.59. The molecular formula is C16H26O3. The van der Waals surface area contributed by atoms with Crippen LogP contribution >= 0.6 is 0 Å². The van der Waals surface area contributed by atoms with E-state index in [2.05, 4.69) is 20.8 Å². The van der Waals surface area contributed by atoms with Gasteiger partial charge in [-0.2, -0.15) is 0 Å². The number of allylic oxidation sites excluding steroid dienone is 4. The first kappa shape index (κ1) is 16.1.